The van der Waals surface area contributed by atoms with E-state index in [9.17, 15) is 0 Å². The molecule has 0 bridgehead atoms. The number of rotatable bonds is 1. The van der Waals surface area contributed by atoms with Gasteiger partial charge in [-0.1, -0.05) is 48.7 Å². The van der Waals surface area contributed by atoms with Crippen LogP contribution in [0, 0.1) is 0 Å². The van der Waals surface area contributed by atoms with Crippen molar-refractivity contribution in [3.05, 3.63) is 59.3 Å². The lowest BCUT2D eigenvalue weighted by Crippen LogP contribution is -2.60. The van der Waals surface area contributed by atoms with Gasteiger partial charge in [0.05, 0.1) is 23.6 Å². The van der Waals surface area contributed by atoms with Gasteiger partial charge in [0.25, 0.3) is 0 Å². The summed E-state index contributed by atoms with van der Waals surface area (Å²) in [6.45, 7) is 0.933. The average Bonchev–Trinajstić information content (AvgIpc) is 3.34. The van der Waals surface area contributed by atoms with E-state index in [4.69, 9.17) is 33.9 Å². The molecule has 0 aliphatic carbocycles. The molecule has 2 atom stereocenters. The molecule has 1 saturated heterocycles. The van der Waals surface area contributed by atoms with Crippen LogP contribution in [0.3, 0.4) is 0 Å². The first kappa shape index (κ1) is 17.2. The summed E-state index contributed by atoms with van der Waals surface area (Å²) in [5.41, 5.74) is 4.79. The third kappa shape index (κ3) is 2.44. The molecular weight excluding hydrogens is 402 g/mol. The van der Waals surface area contributed by atoms with Crippen LogP contribution in [0.5, 0.6) is 11.5 Å². The van der Waals surface area contributed by atoms with E-state index >= 15 is 0 Å². The van der Waals surface area contributed by atoms with Gasteiger partial charge >= 0.3 is 0 Å². The van der Waals surface area contributed by atoms with E-state index < -0.39 is 0 Å². The van der Waals surface area contributed by atoms with E-state index in [1.165, 1.54) is 16.6 Å². The number of ether oxygens (including phenoxy) is 2. The summed E-state index contributed by atoms with van der Waals surface area (Å²) in [6.07, 6.45) is 0.851. The number of aromatic amines is 1. The summed E-state index contributed by atoms with van der Waals surface area (Å²) in [6, 6.07) is 14.7. The smallest absolute Gasteiger partial charge is 0.231 e. The maximum absolute atomic E-state index is 5.87. The number of H-pyrrole nitrogens is 1. The summed E-state index contributed by atoms with van der Waals surface area (Å²) < 4.78 is 11.2. The fourth-order valence-corrected chi connectivity index (χ4v) is 5.52. The Bertz CT molecular complexity index is 1190. The third-order valence-corrected chi connectivity index (χ3v) is 7.09. The molecule has 0 spiro atoms. The van der Waals surface area contributed by atoms with Crippen LogP contribution in [-0.2, 0) is 6.42 Å². The minimum absolute atomic E-state index is 0.0372. The second-order valence-corrected chi connectivity index (χ2v) is 8.68. The Hall–Kier alpha value is -2.64. The molecule has 146 valence electrons. The van der Waals surface area contributed by atoms with Crippen molar-refractivity contribution in [1.82, 2.24) is 14.8 Å². The van der Waals surface area contributed by atoms with Crippen LogP contribution in [0.1, 0.15) is 22.9 Å². The minimum atomic E-state index is -0.0372. The molecule has 2 aromatic carbocycles. The van der Waals surface area contributed by atoms with Gasteiger partial charge in [0, 0.05) is 30.1 Å². The van der Waals surface area contributed by atoms with Crippen LogP contribution >= 0.6 is 24.4 Å². The molecule has 6 rings (SSSR count). The van der Waals surface area contributed by atoms with E-state index in [0.717, 1.165) is 39.0 Å². The Morgan fingerprint density at radius 3 is 2.79 bits per heavy atom. The van der Waals surface area contributed by atoms with Gasteiger partial charge in [-0.2, -0.15) is 0 Å². The monoisotopic (exact) mass is 421 g/mol. The fraction of sp³-hybridized carbons (Fsp3) is 0.273. The van der Waals surface area contributed by atoms with Crippen molar-refractivity contribution in [3.63, 3.8) is 0 Å². The molecule has 7 heteroatoms. The van der Waals surface area contributed by atoms with Crippen LogP contribution in [0.25, 0.3) is 10.9 Å². The van der Waals surface area contributed by atoms with E-state index in [2.05, 4.69) is 51.2 Å². The molecule has 1 fully saturated rings. The highest BCUT2D eigenvalue weighted by molar-refractivity contribution is 7.81. The highest BCUT2D eigenvalue weighted by Crippen LogP contribution is 2.45. The standard InChI is InChI=1S/C22H19N3O2S2/c1-24-10-19(28)25-16(22(24)29)9-14-13-4-2-3-5-15(13)23-20(14)21(25)12-6-7-17-18(8-12)27-11-26-17/h2-8,16,21,23H,9-11H2,1H3/t16-,21+/m0/s1. The maximum atomic E-state index is 5.87. The van der Waals surface area contributed by atoms with Crippen molar-refractivity contribution in [3.8, 4) is 11.5 Å². The SMILES string of the molecule is CN1CC(=S)N2[C@H](c3ccc4c(c3)OCO4)c3[nH]c4ccccc4c3C[C@H]2C1=S. The summed E-state index contributed by atoms with van der Waals surface area (Å²) in [5, 5.41) is 1.26. The van der Waals surface area contributed by atoms with Crippen molar-refractivity contribution in [1.29, 1.82) is 0 Å². The lowest BCUT2D eigenvalue weighted by atomic mass is 9.86. The number of likely N-dealkylation sites (N-methyl/N-ethyl adjacent to an activating group) is 1. The van der Waals surface area contributed by atoms with Crippen molar-refractivity contribution < 1.29 is 9.47 Å². The van der Waals surface area contributed by atoms with Gasteiger partial charge in [-0.25, -0.2) is 0 Å². The Morgan fingerprint density at radius 2 is 1.90 bits per heavy atom. The molecule has 29 heavy (non-hydrogen) atoms. The average molecular weight is 422 g/mol. The first-order valence-electron chi connectivity index (χ1n) is 9.67. The Labute approximate surface area is 179 Å². The number of aromatic nitrogens is 1. The lowest BCUT2D eigenvalue weighted by Gasteiger charge is -2.49. The van der Waals surface area contributed by atoms with E-state index in [-0.39, 0.29) is 18.9 Å². The van der Waals surface area contributed by atoms with Gasteiger partial charge < -0.3 is 24.3 Å². The molecule has 0 amide bonds. The minimum Gasteiger partial charge on any atom is -0.454 e. The molecule has 3 aliphatic heterocycles. The number of piperazine rings is 1. The topological polar surface area (TPSA) is 40.7 Å². The number of benzene rings is 2. The molecule has 1 aromatic heterocycles. The van der Waals surface area contributed by atoms with Crippen LogP contribution in [0.4, 0.5) is 0 Å². The van der Waals surface area contributed by atoms with E-state index in [0.29, 0.717) is 6.54 Å². The zero-order valence-corrected chi connectivity index (χ0v) is 17.5. The predicted octanol–water partition coefficient (Wildman–Crippen LogP) is 3.81. The van der Waals surface area contributed by atoms with Gasteiger partial charge in [-0.15, -0.1) is 0 Å². The maximum Gasteiger partial charge on any atom is 0.231 e. The van der Waals surface area contributed by atoms with Gasteiger partial charge in [-0.05, 0) is 29.3 Å². The van der Waals surface area contributed by atoms with Crippen molar-refractivity contribution in [2.45, 2.75) is 18.5 Å². The predicted molar refractivity (Wildman–Crippen MR) is 120 cm³/mol. The van der Waals surface area contributed by atoms with Crippen molar-refractivity contribution >= 4 is 45.3 Å². The van der Waals surface area contributed by atoms with Crippen LogP contribution in [0.2, 0.25) is 0 Å². The number of hydrogen-bond acceptors (Lipinski definition) is 4. The summed E-state index contributed by atoms with van der Waals surface area (Å²) in [4.78, 5) is 9.97. The molecule has 0 radical (unpaired) electrons. The Morgan fingerprint density at radius 1 is 1.07 bits per heavy atom. The summed E-state index contributed by atoms with van der Waals surface area (Å²) >= 11 is 11.7. The molecular formula is C22H19N3O2S2. The highest BCUT2D eigenvalue weighted by atomic mass is 32.1. The van der Waals surface area contributed by atoms with Gasteiger partial charge in [0.15, 0.2) is 11.5 Å². The van der Waals surface area contributed by atoms with Gasteiger partial charge in [0.2, 0.25) is 6.79 Å². The molecule has 4 heterocycles. The number of nitrogens with one attached hydrogen (secondary N) is 1. The first-order valence-corrected chi connectivity index (χ1v) is 10.5. The zero-order valence-electron chi connectivity index (χ0n) is 15.8. The number of hydrogen-bond donors (Lipinski definition) is 1. The summed E-state index contributed by atoms with van der Waals surface area (Å²) in [7, 11) is 2.03. The number of para-hydroxylation sites is 1. The van der Waals surface area contributed by atoms with Gasteiger partial charge in [0.1, 0.15) is 4.99 Å². The van der Waals surface area contributed by atoms with Crippen molar-refractivity contribution in [2.24, 2.45) is 0 Å². The van der Waals surface area contributed by atoms with Crippen LogP contribution in [-0.4, -0.2) is 51.2 Å². The second-order valence-electron chi connectivity index (χ2n) is 7.79. The quantitative estimate of drug-likeness (QED) is 0.603. The fourth-order valence-electron chi connectivity index (χ4n) is 4.84. The molecule has 3 aliphatic rings. The molecule has 1 N–H and O–H groups in total. The summed E-state index contributed by atoms with van der Waals surface area (Å²) in [5.74, 6) is 1.57. The second kappa shape index (κ2) is 6.18. The molecule has 0 unspecified atom stereocenters. The largest absolute Gasteiger partial charge is 0.454 e. The normalized spacial score (nSPS) is 22.8. The van der Waals surface area contributed by atoms with Crippen LogP contribution < -0.4 is 9.47 Å². The number of fused-ring (bicyclic) bond motifs is 5. The van der Waals surface area contributed by atoms with Crippen LogP contribution in [0.15, 0.2) is 42.5 Å². The van der Waals surface area contributed by atoms with Crippen molar-refractivity contribution in [2.75, 3.05) is 20.4 Å². The van der Waals surface area contributed by atoms with E-state index in [1.807, 2.05) is 13.1 Å². The third-order valence-electron chi connectivity index (χ3n) is 6.17. The van der Waals surface area contributed by atoms with E-state index in [1.54, 1.807) is 0 Å². The highest BCUT2D eigenvalue weighted by Gasteiger charge is 2.44. The Kier molecular flexibility index (Phi) is 3.67. The molecule has 3 aromatic rings. The first-order chi connectivity index (χ1) is 14.1. The van der Waals surface area contributed by atoms with Gasteiger partial charge in [-0.3, -0.25) is 0 Å². The molecule has 0 saturated carbocycles. The lowest BCUT2D eigenvalue weighted by molar-refractivity contribution is 0.174. The number of nitrogens with zero attached hydrogens (tertiary/aromatic N) is 2. The zero-order chi connectivity index (χ0) is 19.7. The number of thiocarbonyl (C=S) groups is 2. The Balaban J connectivity index is 1.59. The molecule has 5 nitrogen and oxygen atoms in total.